The van der Waals surface area contributed by atoms with Crippen LogP contribution in [0.2, 0.25) is 0 Å². The average molecular weight is 581 g/mol. The Morgan fingerprint density at radius 3 is 1.93 bits per heavy atom. The van der Waals surface area contributed by atoms with Gasteiger partial charge in [-0.1, -0.05) is 133 Å². The Kier molecular flexibility index (Phi) is 5.68. The predicted molar refractivity (Wildman–Crippen MR) is 184 cm³/mol. The molecule has 6 aromatic carbocycles. The minimum absolute atomic E-state index is 0.719. The van der Waals surface area contributed by atoms with Crippen molar-refractivity contribution in [3.63, 3.8) is 0 Å². The van der Waals surface area contributed by atoms with Crippen LogP contribution in [0.4, 0.5) is 0 Å². The first-order chi connectivity index (χ1) is 21.8. The van der Waals surface area contributed by atoms with Gasteiger partial charge in [0.2, 0.25) is 0 Å². The maximum Gasteiger partial charge on any atom is 0.160 e. The molecule has 0 aliphatic heterocycles. The van der Waals surface area contributed by atoms with Crippen molar-refractivity contribution < 1.29 is 4.42 Å². The smallest absolute Gasteiger partial charge is 0.160 e. The molecular weight excluding hydrogens is 557 g/mol. The summed E-state index contributed by atoms with van der Waals surface area (Å²) in [4.78, 5) is 10.3. The summed E-state index contributed by atoms with van der Waals surface area (Å²) in [7, 11) is 0. The van der Waals surface area contributed by atoms with Crippen LogP contribution in [0.3, 0.4) is 0 Å². The molecule has 9 aromatic rings. The van der Waals surface area contributed by atoms with Crippen molar-refractivity contribution in [1.82, 2.24) is 9.97 Å². The van der Waals surface area contributed by atoms with E-state index in [0.29, 0.717) is 0 Å². The lowest BCUT2D eigenvalue weighted by atomic mass is 10.0. The first-order valence-corrected chi connectivity index (χ1v) is 15.5. The summed E-state index contributed by atoms with van der Waals surface area (Å²) in [5, 5.41) is 3.42. The number of para-hydroxylation sites is 2. The van der Waals surface area contributed by atoms with Crippen molar-refractivity contribution in [2.45, 2.75) is 0 Å². The van der Waals surface area contributed by atoms with Gasteiger partial charge in [0.25, 0.3) is 0 Å². The van der Waals surface area contributed by atoms with Crippen LogP contribution in [-0.4, -0.2) is 9.97 Å². The fourth-order valence-corrected chi connectivity index (χ4v) is 7.29. The maximum absolute atomic E-state index is 6.31. The number of thiophene rings is 1. The van der Waals surface area contributed by atoms with Gasteiger partial charge in [-0.05, 0) is 28.8 Å². The Hall–Kier alpha value is -5.58. The highest BCUT2D eigenvalue weighted by atomic mass is 32.1. The lowest BCUT2D eigenvalue weighted by molar-refractivity contribution is 0.670. The van der Waals surface area contributed by atoms with Crippen molar-refractivity contribution in [3.05, 3.63) is 146 Å². The van der Waals surface area contributed by atoms with E-state index >= 15 is 0 Å². The summed E-state index contributed by atoms with van der Waals surface area (Å²) >= 11 is 1.75. The SMILES string of the molecule is c1ccc(-c2ccc(-c3nc(-c4ccc(-c5cccc6c5oc5ccccc56)cc4)nc4c3sc3ccccc34)cc2)cc1. The molecule has 0 amide bonds. The van der Waals surface area contributed by atoms with Gasteiger partial charge in [0.1, 0.15) is 11.2 Å². The highest BCUT2D eigenvalue weighted by molar-refractivity contribution is 7.26. The molecule has 0 saturated carbocycles. The second-order valence-corrected chi connectivity index (χ2v) is 12.0. The number of hydrogen-bond donors (Lipinski definition) is 0. The zero-order valence-electron chi connectivity index (χ0n) is 23.6. The summed E-state index contributed by atoms with van der Waals surface area (Å²) in [6, 6.07) is 50.7. The molecule has 0 saturated heterocycles. The second-order valence-electron chi connectivity index (χ2n) is 11.0. The normalized spacial score (nSPS) is 11.6. The number of aromatic nitrogens is 2. The Balaban J connectivity index is 1.17. The molecule has 206 valence electrons. The van der Waals surface area contributed by atoms with Crippen LogP contribution < -0.4 is 0 Å². The quantitative estimate of drug-likeness (QED) is 0.208. The zero-order chi connectivity index (χ0) is 29.0. The van der Waals surface area contributed by atoms with E-state index in [2.05, 4.69) is 127 Å². The largest absolute Gasteiger partial charge is 0.455 e. The topological polar surface area (TPSA) is 38.9 Å². The minimum Gasteiger partial charge on any atom is -0.455 e. The first-order valence-electron chi connectivity index (χ1n) is 14.7. The van der Waals surface area contributed by atoms with Crippen molar-refractivity contribution in [2.24, 2.45) is 0 Å². The van der Waals surface area contributed by atoms with Crippen LogP contribution in [0.1, 0.15) is 0 Å². The molecule has 3 heterocycles. The van der Waals surface area contributed by atoms with Crippen LogP contribution in [0.25, 0.3) is 87.1 Å². The molecule has 0 spiro atoms. The van der Waals surface area contributed by atoms with Gasteiger partial charge in [-0.2, -0.15) is 0 Å². The Morgan fingerprint density at radius 2 is 1.09 bits per heavy atom. The van der Waals surface area contributed by atoms with Crippen LogP contribution in [0, 0.1) is 0 Å². The number of fused-ring (bicyclic) bond motifs is 6. The van der Waals surface area contributed by atoms with Gasteiger partial charge < -0.3 is 4.42 Å². The first kappa shape index (κ1) is 25.0. The molecule has 3 nitrogen and oxygen atoms in total. The van der Waals surface area contributed by atoms with Crippen molar-refractivity contribution in [2.75, 3.05) is 0 Å². The van der Waals surface area contributed by atoms with Gasteiger partial charge >= 0.3 is 0 Å². The highest BCUT2D eigenvalue weighted by Gasteiger charge is 2.17. The molecule has 44 heavy (non-hydrogen) atoms. The molecular formula is C40H24N2OS. The molecule has 0 aliphatic rings. The average Bonchev–Trinajstić information content (AvgIpc) is 3.67. The zero-order valence-corrected chi connectivity index (χ0v) is 24.4. The van der Waals surface area contributed by atoms with E-state index in [1.54, 1.807) is 11.3 Å². The van der Waals surface area contributed by atoms with Crippen LogP contribution in [0.15, 0.2) is 150 Å². The molecule has 0 atom stereocenters. The number of rotatable bonds is 4. The van der Waals surface area contributed by atoms with E-state index in [0.717, 1.165) is 71.3 Å². The molecule has 0 radical (unpaired) electrons. The molecule has 0 unspecified atom stereocenters. The van der Waals surface area contributed by atoms with Crippen molar-refractivity contribution in [3.8, 4) is 44.9 Å². The minimum atomic E-state index is 0.719. The lowest BCUT2D eigenvalue weighted by Crippen LogP contribution is -1.94. The van der Waals surface area contributed by atoms with Crippen LogP contribution in [0.5, 0.6) is 0 Å². The molecule has 4 heteroatoms. The monoisotopic (exact) mass is 580 g/mol. The summed E-state index contributed by atoms with van der Waals surface area (Å²) in [6.45, 7) is 0. The van der Waals surface area contributed by atoms with E-state index in [1.807, 2.05) is 18.2 Å². The molecule has 0 bridgehead atoms. The third kappa shape index (κ3) is 4.03. The van der Waals surface area contributed by atoms with Gasteiger partial charge in [-0.25, -0.2) is 9.97 Å². The Bertz CT molecular complexity index is 2470. The van der Waals surface area contributed by atoms with Gasteiger partial charge in [-0.3, -0.25) is 0 Å². The molecule has 0 N–H and O–H groups in total. The van der Waals surface area contributed by atoms with E-state index in [4.69, 9.17) is 14.4 Å². The summed E-state index contributed by atoms with van der Waals surface area (Å²) in [5.74, 6) is 0.719. The molecule has 3 aromatic heterocycles. The molecule has 0 aliphatic carbocycles. The number of nitrogens with zero attached hydrogens (tertiary/aromatic N) is 2. The van der Waals surface area contributed by atoms with E-state index < -0.39 is 0 Å². The van der Waals surface area contributed by atoms with Crippen LogP contribution in [-0.2, 0) is 0 Å². The number of benzene rings is 6. The Labute approximate surface area is 257 Å². The molecule has 0 fully saturated rings. The summed E-state index contributed by atoms with van der Waals surface area (Å²) in [6.07, 6.45) is 0. The van der Waals surface area contributed by atoms with Gasteiger partial charge in [0, 0.05) is 37.5 Å². The standard InChI is InChI=1S/C40H24N2OS/c1-2-9-25(10-3-1)26-17-21-28(22-18-26)36-39-37(33-12-5-7-16-35(33)44-39)42-40(41-36)29-23-19-27(20-24-29)30-13-8-14-32-31-11-4-6-15-34(31)43-38(30)32/h1-24H. The van der Waals surface area contributed by atoms with Crippen molar-refractivity contribution in [1.29, 1.82) is 0 Å². The maximum atomic E-state index is 6.31. The number of furan rings is 1. The third-order valence-electron chi connectivity index (χ3n) is 8.34. The number of hydrogen-bond acceptors (Lipinski definition) is 4. The van der Waals surface area contributed by atoms with Crippen molar-refractivity contribution >= 4 is 53.6 Å². The van der Waals surface area contributed by atoms with Crippen LogP contribution >= 0.6 is 11.3 Å². The summed E-state index contributed by atoms with van der Waals surface area (Å²) < 4.78 is 8.63. The predicted octanol–water partition coefficient (Wildman–Crippen LogP) is 11.4. The van der Waals surface area contributed by atoms with E-state index in [-0.39, 0.29) is 0 Å². The highest BCUT2D eigenvalue weighted by Crippen LogP contribution is 2.40. The lowest BCUT2D eigenvalue weighted by Gasteiger charge is -2.09. The fraction of sp³-hybridized carbons (Fsp3) is 0. The third-order valence-corrected chi connectivity index (χ3v) is 9.51. The molecule has 9 rings (SSSR count). The Morgan fingerprint density at radius 1 is 0.455 bits per heavy atom. The van der Waals surface area contributed by atoms with Gasteiger partial charge in [-0.15, -0.1) is 11.3 Å². The second kappa shape index (κ2) is 10.0. The fourth-order valence-electron chi connectivity index (χ4n) is 6.14. The van der Waals surface area contributed by atoms with E-state index in [9.17, 15) is 0 Å². The summed E-state index contributed by atoms with van der Waals surface area (Å²) in [5.41, 5.74) is 10.4. The van der Waals surface area contributed by atoms with Gasteiger partial charge in [0.05, 0.1) is 15.9 Å². The van der Waals surface area contributed by atoms with E-state index in [1.165, 1.54) is 15.8 Å². The van der Waals surface area contributed by atoms with Gasteiger partial charge in [0.15, 0.2) is 5.82 Å².